The minimum Gasteiger partial charge on any atom is -0.398 e. The molecule has 0 aliphatic rings. The van der Waals surface area contributed by atoms with E-state index in [2.05, 4.69) is 121 Å². The fourth-order valence-corrected chi connectivity index (χ4v) is 7.25. The Bertz CT molecular complexity index is 1260. The van der Waals surface area contributed by atoms with E-state index in [-0.39, 0.29) is 10.9 Å². The molecular formula is C28H22NS2+. The van der Waals surface area contributed by atoms with Gasteiger partial charge in [-0.25, -0.2) is 0 Å². The Morgan fingerprint density at radius 3 is 1.61 bits per heavy atom. The molecule has 31 heavy (non-hydrogen) atoms. The van der Waals surface area contributed by atoms with Crippen molar-refractivity contribution in [2.75, 3.05) is 5.73 Å². The Morgan fingerprint density at radius 1 is 0.548 bits per heavy atom. The third-order valence-electron chi connectivity index (χ3n) is 5.13. The van der Waals surface area contributed by atoms with Crippen LogP contribution in [0.1, 0.15) is 0 Å². The van der Waals surface area contributed by atoms with Gasteiger partial charge in [0.05, 0.1) is 4.90 Å². The van der Waals surface area contributed by atoms with Gasteiger partial charge in [-0.1, -0.05) is 90.6 Å². The molecule has 2 N–H and O–H groups in total. The molecule has 0 aromatic heterocycles. The summed E-state index contributed by atoms with van der Waals surface area (Å²) in [6.07, 6.45) is 0. The normalized spacial score (nSPS) is 11.1. The molecule has 0 heterocycles. The molecule has 5 aromatic rings. The van der Waals surface area contributed by atoms with Gasteiger partial charge in [0.25, 0.3) is 0 Å². The molecule has 1 nitrogen and oxygen atoms in total. The zero-order chi connectivity index (χ0) is 21.0. The highest BCUT2D eigenvalue weighted by Gasteiger charge is 2.33. The summed E-state index contributed by atoms with van der Waals surface area (Å²) in [6.45, 7) is 0. The second-order valence-electron chi connectivity index (χ2n) is 7.19. The minimum atomic E-state index is -0.267. The summed E-state index contributed by atoms with van der Waals surface area (Å²) in [5.41, 5.74) is 7.43. The van der Waals surface area contributed by atoms with Crippen LogP contribution < -0.4 is 5.73 Å². The van der Waals surface area contributed by atoms with Gasteiger partial charge < -0.3 is 5.73 Å². The van der Waals surface area contributed by atoms with Crippen molar-refractivity contribution >= 4 is 39.1 Å². The van der Waals surface area contributed by atoms with Gasteiger partial charge in [0, 0.05) is 27.4 Å². The Balaban J connectivity index is 1.80. The van der Waals surface area contributed by atoms with Gasteiger partial charge in [0.2, 0.25) is 0 Å². The third-order valence-corrected chi connectivity index (χ3v) is 8.66. The average Bonchev–Trinajstić information content (AvgIpc) is 2.84. The predicted molar refractivity (Wildman–Crippen MR) is 134 cm³/mol. The molecule has 3 heteroatoms. The van der Waals surface area contributed by atoms with Crippen LogP contribution in [0.25, 0.3) is 10.8 Å². The summed E-state index contributed by atoms with van der Waals surface area (Å²) in [5.74, 6) is 0. The second-order valence-corrected chi connectivity index (χ2v) is 10.3. The highest BCUT2D eigenvalue weighted by Crippen LogP contribution is 2.45. The van der Waals surface area contributed by atoms with E-state index in [1.165, 1.54) is 29.9 Å². The Labute approximate surface area is 190 Å². The first-order valence-corrected chi connectivity index (χ1v) is 12.2. The van der Waals surface area contributed by atoms with E-state index in [9.17, 15) is 0 Å². The highest BCUT2D eigenvalue weighted by molar-refractivity contribution is 8.01. The molecule has 0 saturated heterocycles. The fourth-order valence-electron chi connectivity index (χ4n) is 3.72. The maximum atomic E-state index is 6.61. The van der Waals surface area contributed by atoms with Crippen LogP contribution >= 0.6 is 11.8 Å². The Morgan fingerprint density at radius 2 is 1.03 bits per heavy atom. The smallest absolute Gasteiger partial charge is 0.183 e. The molecule has 0 atom stereocenters. The minimum absolute atomic E-state index is 0.267. The molecule has 5 aromatic carbocycles. The monoisotopic (exact) mass is 436 g/mol. The molecule has 0 bridgehead atoms. The van der Waals surface area contributed by atoms with Crippen molar-refractivity contribution in [3.63, 3.8) is 0 Å². The SMILES string of the molecule is Nc1cc([S+](c2ccccc2)c2ccccc2)c(Sc2ccccc2)c2ccccc12. The highest BCUT2D eigenvalue weighted by atomic mass is 32.2. The van der Waals surface area contributed by atoms with Gasteiger partial charge in [0.1, 0.15) is 10.9 Å². The lowest BCUT2D eigenvalue weighted by Gasteiger charge is -2.16. The lowest BCUT2D eigenvalue weighted by atomic mass is 10.1. The molecule has 150 valence electrons. The summed E-state index contributed by atoms with van der Waals surface area (Å²) in [5, 5.41) is 2.31. The van der Waals surface area contributed by atoms with Crippen molar-refractivity contribution in [2.24, 2.45) is 0 Å². The fraction of sp³-hybridized carbons (Fsp3) is 0. The number of hydrogen-bond acceptors (Lipinski definition) is 2. The summed E-state index contributed by atoms with van der Waals surface area (Å²) in [6, 6.07) is 42.7. The Hall–Kier alpha value is -3.14. The lowest BCUT2D eigenvalue weighted by molar-refractivity contribution is 1.24. The number of anilines is 1. The van der Waals surface area contributed by atoms with E-state index >= 15 is 0 Å². The molecule has 0 aliphatic carbocycles. The number of fused-ring (bicyclic) bond motifs is 1. The van der Waals surface area contributed by atoms with Crippen molar-refractivity contribution in [1.29, 1.82) is 0 Å². The van der Waals surface area contributed by atoms with Crippen molar-refractivity contribution in [1.82, 2.24) is 0 Å². The van der Waals surface area contributed by atoms with Crippen LogP contribution in [0.5, 0.6) is 0 Å². The predicted octanol–water partition coefficient (Wildman–Crippen LogP) is 7.67. The van der Waals surface area contributed by atoms with Crippen LogP contribution in [0.15, 0.2) is 146 Å². The molecule has 0 saturated carbocycles. The molecule has 0 spiro atoms. The van der Waals surface area contributed by atoms with Gasteiger partial charge in [-0.3, -0.25) is 0 Å². The standard InChI is InChI=1S/C28H22NS2/c29-26-20-27(31(22-14-6-2-7-15-22)23-16-8-3-9-17-23)28(25-19-11-10-18-24(25)26)30-21-12-4-1-5-13-21/h1-20H,29H2/q+1. The van der Waals surface area contributed by atoms with Crippen LogP contribution in [-0.4, -0.2) is 0 Å². The molecule has 0 radical (unpaired) electrons. The van der Waals surface area contributed by atoms with Gasteiger partial charge in [-0.15, -0.1) is 0 Å². The van der Waals surface area contributed by atoms with Crippen LogP contribution in [-0.2, 0) is 10.9 Å². The summed E-state index contributed by atoms with van der Waals surface area (Å²) in [7, 11) is -0.267. The molecule has 0 aliphatic heterocycles. The number of benzene rings is 5. The average molecular weight is 437 g/mol. The topological polar surface area (TPSA) is 26.0 Å². The first-order valence-electron chi connectivity index (χ1n) is 10.2. The number of rotatable bonds is 5. The van der Waals surface area contributed by atoms with Crippen molar-refractivity contribution in [2.45, 2.75) is 24.5 Å². The van der Waals surface area contributed by atoms with Crippen molar-refractivity contribution < 1.29 is 0 Å². The van der Waals surface area contributed by atoms with E-state index < -0.39 is 0 Å². The van der Waals surface area contributed by atoms with E-state index in [1.54, 1.807) is 0 Å². The van der Waals surface area contributed by atoms with Crippen molar-refractivity contribution in [3.05, 3.63) is 121 Å². The zero-order valence-electron chi connectivity index (χ0n) is 16.9. The third kappa shape index (κ3) is 4.07. The van der Waals surface area contributed by atoms with E-state index in [0.29, 0.717) is 0 Å². The molecule has 0 amide bonds. The van der Waals surface area contributed by atoms with Crippen LogP contribution in [0, 0.1) is 0 Å². The van der Waals surface area contributed by atoms with Gasteiger partial charge >= 0.3 is 0 Å². The van der Waals surface area contributed by atoms with E-state index in [4.69, 9.17) is 5.73 Å². The van der Waals surface area contributed by atoms with Gasteiger partial charge in [-0.05, 0) is 36.4 Å². The molecular weight excluding hydrogens is 414 g/mol. The van der Waals surface area contributed by atoms with Gasteiger partial charge in [0.15, 0.2) is 14.7 Å². The largest absolute Gasteiger partial charge is 0.398 e. The van der Waals surface area contributed by atoms with Crippen LogP contribution in [0.4, 0.5) is 5.69 Å². The maximum absolute atomic E-state index is 6.61. The zero-order valence-corrected chi connectivity index (χ0v) is 18.6. The Kier molecular flexibility index (Phi) is 5.70. The second kappa shape index (κ2) is 8.93. The van der Waals surface area contributed by atoms with Crippen molar-refractivity contribution in [3.8, 4) is 0 Å². The number of nitrogen functional groups attached to an aromatic ring is 1. The molecule has 0 unspecified atom stereocenters. The summed E-state index contributed by atoms with van der Waals surface area (Å²) < 4.78 is 0. The molecule has 0 fully saturated rings. The van der Waals surface area contributed by atoms with E-state index in [0.717, 1.165) is 11.1 Å². The van der Waals surface area contributed by atoms with Crippen LogP contribution in [0.2, 0.25) is 0 Å². The summed E-state index contributed by atoms with van der Waals surface area (Å²) in [4.78, 5) is 6.34. The van der Waals surface area contributed by atoms with Crippen LogP contribution in [0.3, 0.4) is 0 Å². The molecule has 5 rings (SSSR count). The lowest BCUT2D eigenvalue weighted by Crippen LogP contribution is -2.07. The maximum Gasteiger partial charge on any atom is 0.183 e. The first kappa shape index (κ1) is 19.8. The van der Waals surface area contributed by atoms with Gasteiger partial charge in [-0.2, -0.15) is 0 Å². The number of nitrogens with two attached hydrogens (primary N) is 1. The quantitative estimate of drug-likeness (QED) is 0.226. The first-order chi connectivity index (χ1) is 15.3. The summed E-state index contributed by atoms with van der Waals surface area (Å²) >= 11 is 1.82. The number of hydrogen-bond donors (Lipinski definition) is 1. The van der Waals surface area contributed by atoms with E-state index in [1.807, 2.05) is 11.8 Å².